The molecule has 0 radical (unpaired) electrons. The van der Waals surface area contributed by atoms with Gasteiger partial charge in [0.25, 0.3) is 0 Å². The van der Waals surface area contributed by atoms with Crippen molar-refractivity contribution < 1.29 is 0 Å². The molecule has 0 aliphatic heterocycles. The number of unbranched alkanes of at least 4 members (excludes halogenated alkanes) is 1. The van der Waals surface area contributed by atoms with Gasteiger partial charge in [-0.15, -0.1) is 0 Å². The minimum absolute atomic E-state index is 0. The van der Waals surface area contributed by atoms with Gasteiger partial charge in [-0.05, 0) is 466 Å². The summed E-state index contributed by atoms with van der Waals surface area (Å²) in [5.41, 5.74) is 9.35. The molecule has 0 aromatic carbocycles. The first-order valence-electron chi connectivity index (χ1n) is 54.7. The summed E-state index contributed by atoms with van der Waals surface area (Å²) in [6, 6.07) is 0. The number of hydrogen-bond acceptors (Lipinski definition) is 0. The van der Waals surface area contributed by atoms with Crippen LogP contribution in [0.15, 0.2) is 0 Å². The maximum atomic E-state index is 2.56. The molecule has 24 rings (SSSR count). The first-order chi connectivity index (χ1) is 54.7. The molecule has 0 aromatic rings. The standard InChI is InChI=1S/C14H22.C13H22.C12H20.4C12H22.C11H20.C10H18.C9H16.CH4/c1-14(2)7-10-6-11(14)13-9-4-3-8(5-9)12(10)13;1-3-13(2)8-9-7-12(13)11-6-4-5-10(9)11;1-12(2)7-8-6-11(12)10-5-3-4-9(8)10;1-10(2)9-6-7-12(5,8-9)11(10,3)4;1-10(2)8-9-6-7-12(10,5)11(9,3)4;1-4-9(2)12(3)8-10-5-6-11(12)7-10;1-3-4-7-12(2)9-10-5-6-11(12)8-10;1-8(2)11(3)7-9-4-5-10(11)6-9;1-3-10(2)7-8-4-5-9(10)6-8;1-9(2)6-7-3-4-8(9)5-7;/h8-13H,3-7H2,1-2H3;9-12H,3-8H2,1-2H3;8-11H,3-7H2,1-2H3;2*9H,6-8H2,1-5H3;9-11H,4-8H2,1-3H3;10-11H,3-9H2,1-2H3;8-10H,4-7H2,1-3H3;8-9H,3-7H2,1-2H3;7-8H,3-6H2,1-2H3;1H4/t;9?,10?,11?,12?,13-;;;;9?,10?,11?,12-;10?,11?,12-;9?,10?,11-;8?,9?,10-;;/m.0...1010../s1. The fourth-order valence-electron chi connectivity index (χ4n) is 40.3. The molecule has 24 fully saturated rings. The molecule has 0 nitrogen and oxygen atoms in total. The van der Waals surface area contributed by atoms with E-state index >= 15 is 0 Å². The highest BCUT2D eigenvalue weighted by Crippen LogP contribution is 2.76. The maximum absolute atomic E-state index is 2.56. The summed E-state index contributed by atoms with van der Waals surface area (Å²) in [5, 5.41) is 0. The maximum Gasteiger partial charge on any atom is -0.0220 e. The number of fused-ring (bicyclic) bond motifs is 33. The van der Waals surface area contributed by atoms with E-state index in [1.807, 2.05) is 0 Å². The van der Waals surface area contributed by atoms with E-state index < -0.39 is 0 Å². The highest BCUT2D eigenvalue weighted by atomic mass is 14.7. The van der Waals surface area contributed by atoms with Crippen LogP contribution in [0, 0.1) is 242 Å². The highest BCUT2D eigenvalue weighted by molar-refractivity contribution is 5.17. The van der Waals surface area contributed by atoms with Crippen LogP contribution >= 0.6 is 0 Å². The van der Waals surface area contributed by atoms with Crippen LogP contribution in [0.25, 0.3) is 0 Å². The van der Waals surface area contributed by atoms with Crippen molar-refractivity contribution in [2.45, 2.75) is 503 Å². The van der Waals surface area contributed by atoms with Gasteiger partial charge in [-0.1, -0.05) is 278 Å². The van der Waals surface area contributed by atoms with Crippen molar-refractivity contribution in [2.75, 3.05) is 0 Å². The predicted octanol–water partition coefficient (Wildman–Crippen LogP) is 36.8. The second-order valence-corrected chi connectivity index (χ2v) is 57.3. The van der Waals surface area contributed by atoms with E-state index in [-0.39, 0.29) is 7.43 Å². The lowest BCUT2D eigenvalue weighted by Gasteiger charge is -2.50. The second-order valence-electron chi connectivity index (χ2n) is 57.3. The molecular weight excluding hydrogens is 1420 g/mol. The van der Waals surface area contributed by atoms with Crippen molar-refractivity contribution in [3.05, 3.63) is 0 Å². The summed E-state index contributed by atoms with van der Waals surface area (Å²) >= 11 is 0. The summed E-state index contributed by atoms with van der Waals surface area (Å²) in [5.74, 6) is 31.0. The van der Waals surface area contributed by atoms with Crippen LogP contribution in [-0.2, 0) is 0 Å². The van der Waals surface area contributed by atoms with Crippen molar-refractivity contribution in [3.63, 3.8) is 0 Å². The van der Waals surface area contributed by atoms with E-state index in [4.69, 9.17) is 0 Å². The molecule has 24 aliphatic carbocycles. The van der Waals surface area contributed by atoms with E-state index in [1.165, 1.54) is 183 Å². The molecule has 0 spiro atoms. The molecule has 118 heavy (non-hydrogen) atoms. The van der Waals surface area contributed by atoms with Crippen molar-refractivity contribution in [1.29, 1.82) is 0 Å². The normalized spacial score (nSPS) is 51.2. The molecule has 0 saturated heterocycles. The molecule has 0 heteroatoms. The molecule has 24 aliphatic rings. The molecule has 22 bridgehead atoms. The van der Waals surface area contributed by atoms with Gasteiger partial charge in [0.05, 0.1) is 0 Å². The molecule has 34 atom stereocenters. The average Bonchev–Trinajstić information content (AvgIpc) is 1.54. The number of hydrogen-bond donors (Lipinski definition) is 0. The predicted molar refractivity (Wildman–Crippen MR) is 514 cm³/mol. The monoisotopic (exact) mass is 1630 g/mol. The van der Waals surface area contributed by atoms with Gasteiger partial charge in [-0.2, -0.15) is 0 Å². The van der Waals surface area contributed by atoms with Crippen LogP contribution < -0.4 is 0 Å². The Bertz CT molecular complexity index is 3280. The average molecular weight is 1630 g/mol. The molecule has 0 N–H and O–H groups in total. The molecular formula is C118H210. The van der Waals surface area contributed by atoms with Gasteiger partial charge in [-0.25, -0.2) is 0 Å². The third kappa shape index (κ3) is 16.5. The fraction of sp³-hybridized carbons (Fsp3) is 1.00. The third-order valence-electron chi connectivity index (χ3n) is 50.2. The van der Waals surface area contributed by atoms with Crippen molar-refractivity contribution in [3.8, 4) is 0 Å². The summed E-state index contributed by atoms with van der Waals surface area (Å²) in [4.78, 5) is 0. The van der Waals surface area contributed by atoms with Crippen molar-refractivity contribution in [1.82, 2.24) is 0 Å². The first-order valence-corrected chi connectivity index (χ1v) is 54.7. The lowest BCUT2D eigenvalue weighted by atomic mass is 9.55. The minimum Gasteiger partial charge on any atom is -0.0776 e. The third-order valence-corrected chi connectivity index (χ3v) is 50.2. The molecule has 24 saturated carbocycles. The SMILES string of the molecule is C.CC(C)[C@@]1(C)CC2CCC1C2.CC1(C)CC2CC1C1C3CCC(C3)C21.CC1(C)CC2CC1C1CCCC21.CC1(C)CC2CCC1(C)C2(C)C.CC1(C)CC2CCC1C2.CC12CCC(C1)C(C)(C)C2(C)C.CCC(C)[C@@]1(C)CC2CCC1C2.CCCC[C@@]1(C)CC2CCC1C2.CC[C@@]1(C)CC2CC1C1CCCC21.CC[C@@]1(C)CC2CCC1C2. The second kappa shape index (κ2) is 34.1. The first kappa shape index (κ1) is 94.1. The highest BCUT2D eigenvalue weighted by Gasteiger charge is 2.68. The summed E-state index contributed by atoms with van der Waals surface area (Å²) < 4.78 is 0. The lowest BCUT2D eigenvalue weighted by molar-refractivity contribution is -0.0111. The lowest BCUT2D eigenvalue weighted by Crippen LogP contribution is -2.42. The quantitative estimate of drug-likeness (QED) is 0.213. The van der Waals surface area contributed by atoms with Gasteiger partial charge in [0.2, 0.25) is 0 Å². The zero-order valence-electron chi connectivity index (χ0n) is 84.4. The molecule has 0 amide bonds. The smallest absolute Gasteiger partial charge is 0.0220 e. The largest absolute Gasteiger partial charge is 0.0776 e. The number of rotatable bonds is 8. The Morgan fingerprint density at radius 2 is 0.754 bits per heavy atom. The Balaban J connectivity index is 0.000000108. The Labute approximate surface area is 739 Å². The van der Waals surface area contributed by atoms with Crippen molar-refractivity contribution >= 4 is 0 Å². The van der Waals surface area contributed by atoms with Crippen LogP contribution in [0.4, 0.5) is 0 Å². The molecule has 0 aromatic heterocycles. The zero-order valence-corrected chi connectivity index (χ0v) is 84.4. The van der Waals surface area contributed by atoms with Crippen LogP contribution in [0.3, 0.4) is 0 Å². The van der Waals surface area contributed by atoms with E-state index in [1.54, 1.807) is 154 Å². The van der Waals surface area contributed by atoms with Crippen LogP contribution in [0.2, 0.25) is 0 Å². The van der Waals surface area contributed by atoms with Crippen LogP contribution in [0.5, 0.6) is 0 Å². The Hall–Kier alpha value is 0. The minimum atomic E-state index is 0. The Morgan fingerprint density at radius 3 is 1.14 bits per heavy atom. The summed E-state index contributed by atoms with van der Waals surface area (Å²) in [6.45, 7) is 69.2. The van der Waals surface area contributed by atoms with Gasteiger partial charge >= 0.3 is 0 Å². The zero-order chi connectivity index (χ0) is 84.4. The topological polar surface area (TPSA) is 0 Å². The Morgan fingerprint density at radius 1 is 0.305 bits per heavy atom. The van der Waals surface area contributed by atoms with E-state index in [2.05, 4.69) is 194 Å². The fourth-order valence-corrected chi connectivity index (χ4v) is 40.3. The molecule has 682 valence electrons. The summed E-state index contributed by atoms with van der Waals surface area (Å²) in [7, 11) is 0. The van der Waals surface area contributed by atoms with Gasteiger partial charge in [-0.3, -0.25) is 0 Å². The molecule has 29 unspecified atom stereocenters. The van der Waals surface area contributed by atoms with Gasteiger partial charge in [0.15, 0.2) is 0 Å². The van der Waals surface area contributed by atoms with Gasteiger partial charge < -0.3 is 0 Å². The summed E-state index contributed by atoms with van der Waals surface area (Å²) in [6.07, 6.45) is 71.8. The van der Waals surface area contributed by atoms with Gasteiger partial charge in [0, 0.05) is 0 Å². The van der Waals surface area contributed by atoms with Crippen LogP contribution in [0.1, 0.15) is 503 Å². The van der Waals surface area contributed by atoms with E-state index in [0.29, 0.717) is 54.1 Å². The van der Waals surface area contributed by atoms with Crippen molar-refractivity contribution in [2.24, 2.45) is 242 Å². The van der Waals surface area contributed by atoms with E-state index in [0.717, 1.165) is 152 Å². The molecule has 0 heterocycles. The van der Waals surface area contributed by atoms with Gasteiger partial charge in [0.1, 0.15) is 0 Å². The van der Waals surface area contributed by atoms with E-state index in [9.17, 15) is 0 Å². The van der Waals surface area contributed by atoms with Crippen LogP contribution in [-0.4, -0.2) is 0 Å². The Kier molecular flexibility index (Phi) is 27.2.